The van der Waals surface area contributed by atoms with Crippen molar-refractivity contribution in [3.8, 4) is 11.5 Å². The van der Waals surface area contributed by atoms with Gasteiger partial charge in [-0.2, -0.15) is 0 Å². The summed E-state index contributed by atoms with van der Waals surface area (Å²) in [5, 5.41) is 0. The van der Waals surface area contributed by atoms with E-state index in [0.29, 0.717) is 36.3 Å². The third-order valence-corrected chi connectivity index (χ3v) is 5.86. The molecule has 2 atom stereocenters. The van der Waals surface area contributed by atoms with Gasteiger partial charge in [-0.05, 0) is 31.2 Å². The minimum atomic E-state index is -0.652. The molecule has 0 amide bonds. The predicted octanol–water partition coefficient (Wildman–Crippen LogP) is 4.47. The first-order valence-electron chi connectivity index (χ1n) is 10.5. The monoisotopic (exact) mass is 413 g/mol. The van der Waals surface area contributed by atoms with Crippen molar-refractivity contribution in [2.45, 2.75) is 52.9 Å². The molecular weight excluding hydrogens is 382 g/mol. The summed E-state index contributed by atoms with van der Waals surface area (Å²) >= 11 is 0. The van der Waals surface area contributed by atoms with Crippen LogP contribution in [0.2, 0.25) is 0 Å². The van der Waals surface area contributed by atoms with E-state index in [1.807, 2.05) is 19.1 Å². The fraction of sp³-hybridized carbons (Fsp3) is 0.542. The molecule has 0 fully saturated rings. The van der Waals surface area contributed by atoms with Crippen LogP contribution in [0.1, 0.15) is 58.4 Å². The Bertz CT molecular complexity index is 912. The van der Waals surface area contributed by atoms with E-state index in [1.165, 1.54) is 0 Å². The normalized spacial score (nSPS) is 22.9. The molecule has 6 heteroatoms. The van der Waals surface area contributed by atoms with Crippen molar-refractivity contribution >= 4 is 17.5 Å². The van der Waals surface area contributed by atoms with Gasteiger partial charge in [-0.15, -0.1) is 0 Å². The van der Waals surface area contributed by atoms with Crippen LogP contribution >= 0.6 is 0 Å². The molecule has 0 aromatic heterocycles. The SMILES string of the molecule is CCOC(=O)C1C(CC)=NC2=C(C(=O)CC(C)(C)C2)[C@H]1c1ccc(OC)cc1OC. The number of ether oxygens (including phenoxy) is 3. The van der Waals surface area contributed by atoms with Gasteiger partial charge in [0, 0.05) is 41.0 Å². The quantitative estimate of drug-likeness (QED) is 0.643. The van der Waals surface area contributed by atoms with Gasteiger partial charge in [0.05, 0.1) is 20.8 Å². The molecular formula is C24H31NO5. The largest absolute Gasteiger partial charge is 0.497 e. The molecule has 3 rings (SSSR count). The number of aliphatic imine (C=N–C) groups is 1. The summed E-state index contributed by atoms with van der Waals surface area (Å²) in [4.78, 5) is 31.2. The summed E-state index contributed by atoms with van der Waals surface area (Å²) in [5.74, 6) is -0.233. The summed E-state index contributed by atoms with van der Waals surface area (Å²) in [7, 11) is 3.17. The maximum atomic E-state index is 13.3. The van der Waals surface area contributed by atoms with Gasteiger partial charge in [-0.25, -0.2) is 0 Å². The zero-order chi connectivity index (χ0) is 22.1. The molecule has 1 aliphatic heterocycles. The predicted molar refractivity (Wildman–Crippen MR) is 115 cm³/mol. The Morgan fingerprint density at radius 2 is 1.90 bits per heavy atom. The minimum Gasteiger partial charge on any atom is -0.497 e. The summed E-state index contributed by atoms with van der Waals surface area (Å²) in [6.07, 6.45) is 1.72. The lowest BCUT2D eigenvalue weighted by atomic mass is 9.66. The highest BCUT2D eigenvalue weighted by molar-refractivity contribution is 6.09. The number of ketones is 1. The van der Waals surface area contributed by atoms with Gasteiger partial charge in [0.2, 0.25) is 0 Å². The van der Waals surface area contributed by atoms with E-state index >= 15 is 0 Å². The number of nitrogens with zero attached hydrogens (tertiary/aromatic N) is 1. The third-order valence-electron chi connectivity index (χ3n) is 5.86. The number of benzene rings is 1. The fourth-order valence-electron chi connectivity index (χ4n) is 4.57. The minimum absolute atomic E-state index is 0.0392. The lowest BCUT2D eigenvalue weighted by Gasteiger charge is -2.39. The van der Waals surface area contributed by atoms with E-state index in [0.717, 1.165) is 17.0 Å². The zero-order valence-electron chi connectivity index (χ0n) is 18.7. The van der Waals surface area contributed by atoms with Crippen LogP contribution in [0.15, 0.2) is 34.5 Å². The summed E-state index contributed by atoms with van der Waals surface area (Å²) in [6.45, 7) is 8.19. The number of Topliss-reactive ketones (excluding diaryl/α,β-unsaturated/α-hetero) is 1. The van der Waals surface area contributed by atoms with E-state index in [1.54, 1.807) is 27.2 Å². The Morgan fingerprint density at radius 3 is 2.50 bits per heavy atom. The molecule has 0 radical (unpaired) electrons. The number of allylic oxidation sites excluding steroid dienone is 2. The summed E-state index contributed by atoms with van der Waals surface area (Å²) in [5.41, 5.74) is 2.77. The number of methoxy groups -OCH3 is 2. The van der Waals surface area contributed by atoms with Gasteiger partial charge in [-0.3, -0.25) is 14.6 Å². The molecule has 6 nitrogen and oxygen atoms in total. The van der Waals surface area contributed by atoms with Crippen molar-refractivity contribution in [2.75, 3.05) is 20.8 Å². The van der Waals surface area contributed by atoms with Crippen molar-refractivity contribution in [1.82, 2.24) is 0 Å². The van der Waals surface area contributed by atoms with Gasteiger partial charge in [-0.1, -0.05) is 26.8 Å². The smallest absolute Gasteiger partial charge is 0.315 e. The lowest BCUT2D eigenvalue weighted by molar-refractivity contribution is -0.146. The van der Waals surface area contributed by atoms with Crippen molar-refractivity contribution < 1.29 is 23.8 Å². The standard InChI is InChI=1S/C24H31NO5/c1-7-16-22(23(27)30-8-2)20(15-10-9-14(28-5)11-19(15)29-6)21-17(25-16)12-24(3,4)13-18(21)26/h9-11,20,22H,7-8,12-13H2,1-6H3/t20-,22?/m1/s1. The average molecular weight is 414 g/mol. The highest BCUT2D eigenvalue weighted by Gasteiger charge is 2.47. The number of rotatable bonds is 6. The molecule has 0 saturated carbocycles. The molecule has 0 spiro atoms. The third kappa shape index (κ3) is 4.00. The molecule has 30 heavy (non-hydrogen) atoms. The second kappa shape index (κ2) is 8.62. The Kier molecular flexibility index (Phi) is 6.34. The number of carbonyl (C=O) groups is 2. The van der Waals surface area contributed by atoms with Gasteiger partial charge < -0.3 is 14.2 Å². The number of carbonyl (C=O) groups excluding carboxylic acids is 2. The molecule has 2 aliphatic rings. The van der Waals surface area contributed by atoms with E-state index in [2.05, 4.69) is 13.8 Å². The Hall–Kier alpha value is -2.63. The van der Waals surface area contributed by atoms with Crippen LogP contribution in [0.4, 0.5) is 0 Å². The number of hydrogen-bond acceptors (Lipinski definition) is 6. The van der Waals surface area contributed by atoms with Crippen LogP contribution < -0.4 is 9.47 Å². The Labute approximate surface area is 178 Å². The van der Waals surface area contributed by atoms with Crippen molar-refractivity contribution in [2.24, 2.45) is 16.3 Å². The molecule has 0 saturated heterocycles. The lowest BCUT2D eigenvalue weighted by Crippen LogP contribution is -2.40. The van der Waals surface area contributed by atoms with Crippen molar-refractivity contribution in [3.63, 3.8) is 0 Å². The van der Waals surface area contributed by atoms with E-state index in [4.69, 9.17) is 19.2 Å². The van der Waals surface area contributed by atoms with Gasteiger partial charge in [0.15, 0.2) is 5.78 Å². The van der Waals surface area contributed by atoms with Gasteiger partial charge >= 0.3 is 5.97 Å². The molecule has 1 aromatic carbocycles. The second-order valence-electron chi connectivity index (χ2n) is 8.57. The van der Waals surface area contributed by atoms with Crippen LogP contribution in [-0.2, 0) is 14.3 Å². The van der Waals surface area contributed by atoms with Crippen molar-refractivity contribution in [3.05, 3.63) is 35.0 Å². The molecule has 162 valence electrons. The van der Waals surface area contributed by atoms with Crippen LogP contribution in [0.5, 0.6) is 11.5 Å². The van der Waals surface area contributed by atoms with Gasteiger partial charge in [0.1, 0.15) is 17.4 Å². The Balaban J connectivity index is 2.26. The van der Waals surface area contributed by atoms with Crippen LogP contribution in [0, 0.1) is 11.3 Å². The van der Waals surface area contributed by atoms with Crippen molar-refractivity contribution in [1.29, 1.82) is 0 Å². The van der Waals surface area contributed by atoms with Gasteiger partial charge in [0.25, 0.3) is 0 Å². The first-order chi connectivity index (χ1) is 14.3. The first-order valence-corrected chi connectivity index (χ1v) is 10.5. The topological polar surface area (TPSA) is 74.2 Å². The molecule has 1 unspecified atom stereocenters. The highest BCUT2D eigenvalue weighted by atomic mass is 16.5. The molecule has 1 aromatic rings. The maximum Gasteiger partial charge on any atom is 0.315 e. The van der Waals surface area contributed by atoms with E-state index < -0.39 is 11.8 Å². The molecule has 0 bridgehead atoms. The van der Waals surface area contributed by atoms with Crippen LogP contribution in [0.3, 0.4) is 0 Å². The highest BCUT2D eigenvalue weighted by Crippen LogP contribution is 2.50. The zero-order valence-corrected chi connectivity index (χ0v) is 18.7. The number of hydrogen-bond donors (Lipinski definition) is 0. The summed E-state index contributed by atoms with van der Waals surface area (Å²) in [6, 6.07) is 5.49. The average Bonchev–Trinajstić information content (AvgIpc) is 2.70. The van der Waals surface area contributed by atoms with E-state index in [-0.39, 0.29) is 23.8 Å². The fourth-order valence-corrected chi connectivity index (χ4v) is 4.57. The first kappa shape index (κ1) is 22.1. The Morgan fingerprint density at radius 1 is 1.17 bits per heavy atom. The summed E-state index contributed by atoms with van der Waals surface area (Å²) < 4.78 is 16.4. The molecule has 1 heterocycles. The molecule has 1 aliphatic carbocycles. The van der Waals surface area contributed by atoms with E-state index in [9.17, 15) is 9.59 Å². The molecule has 0 N–H and O–H groups in total. The maximum absolute atomic E-state index is 13.3. The van der Waals surface area contributed by atoms with Crippen LogP contribution in [-0.4, -0.2) is 38.3 Å². The van der Waals surface area contributed by atoms with Crippen LogP contribution in [0.25, 0.3) is 0 Å². The number of esters is 1. The second-order valence-corrected chi connectivity index (χ2v) is 8.57.